The van der Waals surface area contributed by atoms with E-state index < -0.39 is 0 Å². The number of aryl methyl sites for hydroxylation is 1. The van der Waals surface area contributed by atoms with Gasteiger partial charge in [0.15, 0.2) is 17.2 Å². The van der Waals surface area contributed by atoms with Crippen LogP contribution in [0, 0.1) is 6.92 Å². The highest BCUT2D eigenvalue weighted by atomic mass is 16.3. The maximum atomic E-state index is 11.8. The molecule has 18 heavy (non-hydrogen) atoms. The molecule has 0 radical (unpaired) electrons. The van der Waals surface area contributed by atoms with Crippen molar-refractivity contribution in [3.05, 3.63) is 48.2 Å². The maximum Gasteiger partial charge on any atom is 0.291 e. The molecule has 1 amide bonds. The topological polar surface area (TPSA) is 68.3 Å². The number of nitrogens with zero attached hydrogens (tertiary/aromatic N) is 1. The van der Waals surface area contributed by atoms with E-state index in [9.17, 15) is 4.79 Å². The van der Waals surface area contributed by atoms with Gasteiger partial charge in [0.1, 0.15) is 5.52 Å². The highest BCUT2D eigenvalue weighted by molar-refractivity contribution is 6.02. The Hall–Kier alpha value is -2.56. The summed E-state index contributed by atoms with van der Waals surface area (Å²) in [5.41, 5.74) is 2.05. The zero-order valence-electron chi connectivity index (χ0n) is 9.64. The van der Waals surface area contributed by atoms with Crippen molar-refractivity contribution in [1.29, 1.82) is 0 Å². The Kier molecular flexibility index (Phi) is 2.37. The molecule has 0 saturated heterocycles. The van der Waals surface area contributed by atoms with Crippen molar-refractivity contribution in [2.24, 2.45) is 0 Å². The molecule has 0 saturated carbocycles. The van der Waals surface area contributed by atoms with Crippen molar-refractivity contribution in [2.45, 2.75) is 6.92 Å². The minimum Gasteiger partial charge on any atom is -0.459 e. The SMILES string of the molecule is Cc1nc2ccc(NC(=O)c3ccco3)cc2o1. The first-order valence-corrected chi connectivity index (χ1v) is 5.44. The van der Waals surface area contributed by atoms with Crippen LogP contribution in [0.15, 0.2) is 45.4 Å². The zero-order valence-corrected chi connectivity index (χ0v) is 9.64. The number of hydrogen-bond donors (Lipinski definition) is 1. The molecular formula is C13H10N2O3. The lowest BCUT2D eigenvalue weighted by atomic mass is 10.3. The summed E-state index contributed by atoms with van der Waals surface area (Å²) in [5, 5.41) is 2.73. The zero-order chi connectivity index (χ0) is 12.5. The minimum absolute atomic E-state index is 0.267. The number of anilines is 1. The number of aromatic nitrogens is 1. The Labute approximate surface area is 102 Å². The van der Waals surface area contributed by atoms with E-state index in [1.54, 1.807) is 37.3 Å². The summed E-state index contributed by atoms with van der Waals surface area (Å²) in [6, 6.07) is 8.56. The molecule has 0 aliphatic heterocycles. The number of furan rings is 1. The number of carbonyl (C=O) groups is 1. The molecule has 5 nitrogen and oxygen atoms in total. The summed E-state index contributed by atoms with van der Waals surface area (Å²) in [4.78, 5) is 16.0. The fourth-order valence-electron chi connectivity index (χ4n) is 1.72. The Morgan fingerprint density at radius 3 is 3.00 bits per heavy atom. The van der Waals surface area contributed by atoms with Gasteiger partial charge < -0.3 is 14.2 Å². The van der Waals surface area contributed by atoms with Crippen molar-refractivity contribution in [3.63, 3.8) is 0 Å². The number of fused-ring (bicyclic) bond motifs is 1. The lowest BCUT2D eigenvalue weighted by Crippen LogP contribution is -2.10. The molecule has 1 aromatic carbocycles. The molecule has 0 fully saturated rings. The highest BCUT2D eigenvalue weighted by Crippen LogP contribution is 2.20. The van der Waals surface area contributed by atoms with Crippen LogP contribution in [0.1, 0.15) is 16.4 Å². The summed E-state index contributed by atoms with van der Waals surface area (Å²) in [5.74, 6) is 0.568. The Morgan fingerprint density at radius 1 is 1.33 bits per heavy atom. The average molecular weight is 242 g/mol. The van der Waals surface area contributed by atoms with Gasteiger partial charge in [-0.1, -0.05) is 0 Å². The summed E-state index contributed by atoms with van der Waals surface area (Å²) in [6.45, 7) is 1.78. The summed E-state index contributed by atoms with van der Waals surface area (Å²) in [6.07, 6.45) is 1.46. The molecule has 0 aliphatic rings. The van der Waals surface area contributed by atoms with Gasteiger partial charge in [-0.2, -0.15) is 0 Å². The second-order valence-corrected chi connectivity index (χ2v) is 3.85. The van der Waals surface area contributed by atoms with Crippen LogP contribution in [0.5, 0.6) is 0 Å². The van der Waals surface area contributed by atoms with Crippen molar-refractivity contribution < 1.29 is 13.6 Å². The first-order valence-electron chi connectivity index (χ1n) is 5.44. The normalized spacial score (nSPS) is 10.7. The highest BCUT2D eigenvalue weighted by Gasteiger charge is 2.10. The fourth-order valence-corrected chi connectivity index (χ4v) is 1.72. The molecule has 0 atom stereocenters. The first-order chi connectivity index (χ1) is 8.72. The number of rotatable bonds is 2. The number of hydrogen-bond acceptors (Lipinski definition) is 4. The molecule has 2 heterocycles. The summed E-state index contributed by atoms with van der Waals surface area (Å²) >= 11 is 0. The van der Waals surface area contributed by atoms with Gasteiger partial charge in [-0.15, -0.1) is 0 Å². The third-order valence-electron chi connectivity index (χ3n) is 2.50. The number of benzene rings is 1. The molecule has 0 spiro atoms. The Bertz CT molecular complexity index is 698. The molecule has 3 rings (SSSR count). The number of nitrogens with one attached hydrogen (secondary N) is 1. The van der Waals surface area contributed by atoms with E-state index in [0.29, 0.717) is 17.2 Å². The van der Waals surface area contributed by atoms with Crippen molar-refractivity contribution in [1.82, 2.24) is 4.98 Å². The molecule has 2 aromatic heterocycles. The van der Waals surface area contributed by atoms with E-state index in [4.69, 9.17) is 8.83 Å². The quantitative estimate of drug-likeness (QED) is 0.750. The predicted molar refractivity (Wildman–Crippen MR) is 65.4 cm³/mol. The van der Waals surface area contributed by atoms with Gasteiger partial charge >= 0.3 is 0 Å². The van der Waals surface area contributed by atoms with Crippen LogP contribution >= 0.6 is 0 Å². The molecule has 0 bridgehead atoms. The van der Waals surface area contributed by atoms with Crippen molar-refractivity contribution in [3.8, 4) is 0 Å². The number of carbonyl (C=O) groups excluding carboxylic acids is 1. The maximum absolute atomic E-state index is 11.8. The fraction of sp³-hybridized carbons (Fsp3) is 0.0769. The monoisotopic (exact) mass is 242 g/mol. The molecular weight excluding hydrogens is 232 g/mol. The first kappa shape index (κ1) is 10.6. The van der Waals surface area contributed by atoms with E-state index in [2.05, 4.69) is 10.3 Å². The van der Waals surface area contributed by atoms with Gasteiger partial charge in [0, 0.05) is 18.7 Å². The van der Waals surface area contributed by atoms with Crippen LogP contribution < -0.4 is 5.32 Å². The minimum atomic E-state index is -0.296. The smallest absolute Gasteiger partial charge is 0.291 e. The van der Waals surface area contributed by atoms with Crippen LogP contribution in [-0.2, 0) is 0 Å². The van der Waals surface area contributed by atoms with Gasteiger partial charge in [-0.25, -0.2) is 4.98 Å². The van der Waals surface area contributed by atoms with E-state index in [-0.39, 0.29) is 11.7 Å². The molecule has 0 aliphatic carbocycles. The molecule has 1 N–H and O–H groups in total. The third-order valence-corrected chi connectivity index (χ3v) is 2.50. The number of amides is 1. The number of oxazole rings is 1. The lowest BCUT2D eigenvalue weighted by molar-refractivity contribution is 0.0996. The van der Waals surface area contributed by atoms with Gasteiger partial charge in [0.05, 0.1) is 6.26 Å². The van der Waals surface area contributed by atoms with Gasteiger partial charge in [-0.05, 0) is 24.3 Å². The average Bonchev–Trinajstić information content (AvgIpc) is 2.95. The molecule has 0 unspecified atom stereocenters. The van der Waals surface area contributed by atoms with Gasteiger partial charge in [-0.3, -0.25) is 4.79 Å². The lowest BCUT2D eigenvalue weighted by Gasteiger charge is -2.01. The Balaban J connectivity index is 1.88. The second-order valence-electron chi connectivity index (χ2n) is 3.85. The van der Waals surface area contributed by atoms with Crippen LogP contribution in [0.2, 0.25) is 0 Å². The summed E-state index contributed by atoms with van der Waals surface area (Å²) < 4.78 is 10.4. The van der Waals surface area contributed by atoms with E-state index >= 15 is 0 Å². The van der Waals surface area contributed by atoms with Crippen molar-refractivity contribution in [2.75, 3.05) is 5.32 Å². The van der Waals surface area contributed by atoms with E-state index in [1.165, 1.54) is 6.26 Å². The standard InChI is InChI=1S/C13H10N2O3/c1-8-14-10-5-4-9(7-12(10)18-8)15-13(16)11-3-2-6-17-11/h2-7H,1H3,(H,15,16). The predicted octanol–water partition coefficient (Wildman–Crippen LogP) is 2.98. The van der Waals surface area contributed by atoms with E-state index in [0.717, 1.165) is 5.52 Å². The van der Waals surface area contributed by atoms with Crippen LogP contribution in [-0.4, -0.2) is 10.9 Å². The van der Waals surface area contributed by atoms with Crippen molar-refractivity contribution >= 4 is 22.7 Å². The largest absolute Gasteiger partial charge is 0.459 e. The molecule has 5 heteroatoms. The van der Waals surface area contributed by atoms with E-state index in [1.807, 2.05) is 0 Å². The Morgan fingerprint density at radius 2 is 2.22 bits per heavy atom. The molecule has 90 valence electrons. The van der Waals surface area contributed by atoms with Crippen LogP contribution in [0.25, 0.3) is 11.1 Å². The van der Waals surface area contributed by atoms with Crippen LogP contribution in [0.4, 0.5) is 5.69 Å². The molecule has 3 aromatic rings. The van der Waals surface area contributed by atoms with Crippen LogP contribution in [0.3, 0.4) is 0 Å². The van der Waals surface area contributed by atoms with Gasteiger partial charge in [0.2, 0.25) is 0 Å². The second kappa shape index (κ2) is 4.03. The van der Waals surface area contributed by atoms with Gasteiger partial charge in [0.25, 0.3) is 5.91 Å². The third kappa shape index (κ3) is 1.86. The summed E-state index contributed by atoms with van der Waals surface area (Å²) in [7, 11) is 0.